The number of furan rings is 1. The topological polar surface area (TPSA) is 54.0 Å². The zero-order valence-corrected chi connectivity index (χ0v) is 9.52. The number of carbonyl (C=O) groups is 1. The van der Waals surface area contributed by atoms with E-state index in [9.17, 15) is 4.79 Å². The predicted molar refractivity (Wildman–Crippen MR) is 62.8 cm³/mol. The van der Waals surface area contributed by atoms with Gasteiger partial charge < -0.3 is 4.42 Å². The van der Waals surface area contributed by atoms with E-state index in [0.29, 0.717) is 10.6 Å². The lowest BCUT2D eigenvalue weighted by Gasteiger charge is -2.06. The second-order valence-electron chi connectivity index (χ2n) is 3.46. The van der Waals surface area contributed by atoms with Gasteiger partial charge in [0.15, 0.2) is 5.76 Å². The molecule has 1 aromatic heterocycles. The van der Waals surface area contributed by atoms with Crippen molar-refractivity contribution in [1.82, 2.24) is 0 Å². The summed E-state index contributed by atoms with van der Waals surface area (Å²) in [6, 6.07) is 11.8. The largest absolute Gasteiger partial charge is 0.461 e. The second kappa shape index (κ2) is 4.86. The normalized spacial score (nSPS) is 11.8. The van der Waals surface area contributed by atoms with Crippen molar-refractivity contribution < 1.29 is 9.21 Å². The van der Waals surface area contributed by atoms with E-state index in [1.54, 1.807) is 30.3 Å². The molecule has 4 heteroatoms. The van der Waals surface area contributed by atoms with Crippen molar-refractivity contribution >= 4 is 17.4 Å². The minimum Gasteiger partial charge on any atom is -0.461 e. The van der Waals surface area contributed by atoms with Crippen LogP contribution in [0.3, 0.4) is 0 Å². The summed E-state index contributed by atoms with van der Waals surface area (Å²) < 4.78 is 5.00. The lowest BCUT2D eigenvalue weighted by Crippen LogP contribution is -2.10. The summed E-state index contributed by atoms with van der Waals surface area (Å²) in [5.41, 5.74) is 0.571. The molecule has 0 aliphatic carbocycles. The van der Waals surface area contributed by atoms with Gasteiger partial charge in [-0.05, 0) is 29.8 Å². The molecule has 0 aliphatic heterocycles. The average molecular weight is 246 g/mol. The first-order valence-corrected chi connectivity index (χ1v) is 5.33. The highest BCUT2D eigenvalue weighted by atomic mass is 35.5. The highest BCUT2D eigenvalue weighted by Crippen LogP contribution is 2.23. The zero-order chi connectivity index (χ0) is 12.3. The van der Waals surface area contributed by atoms with E-state index in [0.717, 1.165) is 0 Å². The van der Waals surface area contributed by atoms with Gasteiger partial charge in [0, 0.05) is 5.02 Å². The Bertz CT molecular complexity index is 569. The maximum atomic E-state index is 12.0. The van der Waals surface area contributed by atoms with Crippen LogP contribution in [0.2, 0.25) is 5.02 Å². The lowest BCUT2D eigenvalue weighted by atomic mass is 9.95. The number of rotatable bonds is 3. The van der Waals surface area contributed by atoms with Crippen molar-refractivity contribution in [2.24, 2.45) is 0 Å². The first kappa shape index (κ1) is 11.4. The van der Waals surface area contributed by atoms with Gasteiger partial charge in [0.25, 0.3) is 0 Å². The van der Waals surface area contributed by atoms with Crippen LogP contribution in [0.15, 0.2) is 47.1 Å². The second-order valence-corrected chi connectivity index (χ2v) is 3.90. The number of nitriles is 1. The van der Waals surface area contributed by atoms with Crippen LogP contribution in [-0.4, -0.2) is 5.78 Å². The summed E-state index contributed by atoms with van der Waals surface area (Å²) in [6.07, 6.45) is 1.40. The molecule has 17 heavy (non-hydrogen) atoms. The Morgan fingerprint density at radius 1 is 1.35 bits per heavy atom. The van der Waals surface area contributed by atoms with Crippen molar-refractivity contribution in [1.29, 1.82) is 5.26 Å². The van der Waals surface area contributed by atoms with E-state index in [1.807, 2.05) is 6.07 Å². The van der Waals surface area contributed by atoms with Crippen LogP contribution in [0.25, 0.3) is 0 Å². The van der Waals surface area contributed by atoms with E-state index in [-0.39, 0.29) is 11.5 Å². The summed E-state index contributed by atoms with van der Waals surface area (Å²) in [5.74, 6) is -1.07. The molecule has 0 aliphatic rings. The molecule has 0 radical (unpaired) electrons. The van der Waals surface area contributed by atoms with E-state index in [4.69, 9.17) is 21.3 Å². The Morgan fingerprint density at radius 3 is 2.76 bits per heavy atom. The van der Waals surface area contributed by atoms with Crippen molar-refractivity contribution in [3.05, 3.63) is 59.0 Å². The number of ketones is 1. The fourth-order valence-electron chi connectivity index (χ4n) is 1.53. The molecule has 0 N–H and O–H groups in total. The molecule has 1 atom stereocenters. The Hall–Kier alpha value is -2.05. The number of benzene rings is 1. The monoisotopic (exact) mass is 245 g/mol. The van der Waals surface area contributed by atoms with Gasteiger partial charge in [-0.1, -0.05) is 23.7 Å². The highest BCUT2D eigenvalue weighted by Gasteiger charge is 2.23. The molecule has 0 saturated carbocycles. The number of carbonyl (C=O) groups excluding carboxylic acids is 1. The summed E-state index contributed by atoms with van der Waals surface area (Å²) >= 11 is 5.83. The summed E-state index contributed by atoms with van der Waals surface area (Å²) in [5, 5.41) is 9.58. The molecule has 0 bridgehead atoms. The Balaban J connectivity index is 2.35. The van der Waals surface area contributed by atoms with Crippen LogP contribution in [0.1, 0.15) is 22.0 Å². The minimum atomic E-state index is -0.889. The van der Waals surface area contributed by atoms with Crippen LogP contribution in [-0.2, 0) is 0 Å². The van der Waals surface area contributed by atoms with Crippen molar-refractivity contribution in [2.75, 3.05) is 0 Å². The molecule has 1 unspecified atom stereocenters. The summed E-state index contributed by atoms with van der Waals surface area (Å²) in [6.45, 7) is 0. The number of hydrogen-bond donors (Lipinski definition) is 0. The quantitative estimate of drug-likeness (QED) is 0.779. The van der Waals surface area contributed by atoms with Gasteiger partial charge in [-0.25, -0.2) is 0 Å². The third-order valence-electron chi connectivity index (χ3n) is 2.34. The fraction of sp³-hybridized carbons (Fsp3) is 0.0769. The smallest absolute Gasteiger partial charge is 0.219 e. The Morgan fingerprint density at radius 2 is 2.18 bits per heavy atom. The van der Waals surface area contributed by atoms with Gasteiger partial charge in [-0.3, -0.25) is 4.79 Å². The van der Waals surface area contributed by atoms with Gasteiger partial charge in [-0.2, -0.15) is 5.26 Å². The number of Topliss-reactive ketones (excluding diaryl/α,β-unsaturated/α-hetero) is 1. The van der Waals surface area contributed by atoms with E-state index in [2.05, 4.69) is 0 Å². The van der Waals surface area contributed by atoms with E-state index < -0.39 is 5.92 Å². The molecule has 0 amide bonds. The average Bonchev–Trinajstić information content (AvgIpc) is 2.83. The molecular formula is C13H8ClNO2. The molecule has 0 fully saturated rings. The first-order chi connectivity index (χ1) is 8.22. The van der Waals surface area contributed by atoms with E-state index in [1.165, 1.54) is 12.3 Å². The van der Waals surface area contributed by atoms with E-state index >= 15 is 0 Å². The van der Waals surface area contributed by atoms with Crippen LogP contribution in [0.4, 0.5) is 0 Å². The van der Waals surface area contributed by atoms with Gasteiger partial charge in [-0.15, -0.1) is 0 Å². The van der Waals surface area contributed by atoms with Crippen LogP contribution in [0, 0.1) is 11.3 Å². The molecule has 0 spiro atoms. The standard InChI is InChI=1S/C13H8ClNO2/c14-10-4-1-3-9(7-10)11(8-15)13(16)12-5-2-6-17-12/h1-7,11H. The lowest BCUT2D eigenvalue weighted by molar-refractivity contribution is 0.0952. The highest BCUT2D eigenvalue weighted by molar-refractivity contribution is 6.30. The maximum Gasteiger partial charge on any atom is 0.219 e. The molecular weight excluding hydrogens is 238 g/mol. The molecule has 2 aromatic rings. The van der Waals surface area contributed by atoms with Crippen molar-refractivity contribution in [3.63, 3.8) is 0 Å². The van der Waals surface area contributed by atoms with Crippen molar-refractivity contribution in [3.8, 4) is 6.07 Å². The zero-order valence-electron chi connectivity index (χ0n) is 8.76. The third kappa shape index (κ3) is 2.38. The predicted octanol–water partition coefficient (Wildman–Crippen LogP) is 3.42. The minimum absolute atomic E-state index is 0.177. The fourth-order valence-corrected chi connectivity index (χ4v) is 1.73. The molecule has 84 valence electrons. The van der Waals surface area contributed by atoms with Crippen LogP contribution in [0.5, 0.6) is 0 Å². The van der Waals surface area contributed by atoms with Crippen LogP contribution >= 0.6 is 11.6 Å². The van der Waals surface area contributed by atoms with Crippen LogP contribution < -0.4 is 0 Å². The molecule has 0 saturated heterocycles. The summed E-state index contributed by atoms with van der Waals surface area (Å²) in [4.78, 5) is 12.0. The number of nitrogens with zero attached hydrogens (tertiary/aromatic N) is 1. The SMILES string of the molecule is N#CC(C(=O)c1ccco1)c1cccc(Cl)c1. The summed E-state index contributed by atoms with van der Waals surface area (Å²) in [7, 11) is 0. The maximum absolute atomic E-state index is 12.0. The van der Waals surface area contributed by atoms with Gasteiger partial charge in [0.1, 0.15) is 5.92 Å². The third-order valence-corrected chi connectivity index (χ3v) is 2.57. The number of halogens is 1. The molecule has 3 nitrogen and oxygen atoms in total. The molecule has 1 heterocycles. The number of hydrogen-bond acceptors (Lipinski definition) is 3. The van der Waals surface area contributed by atoms with Gasteiger partial charge in [0.2, 0.25) is 5.78 Å². The van der Waals surface area contributed by atoms with Gasteiger partial charge in [0.05, 0.1) is 12.3 Å². The van der Waals surface area contributed by atoms with Crippen molar-refractivity contribution in [2.45, 2.75) is 5.92 Å². The first-order valence-electron chi connectivity index (χ1n) is 4.95. The Labute approximate surface area is 103 Å². The Kier molecular flexibility index (Phi) is 3.27. The molecule has 1 aromatic carbocycles. The molecule has 2 rings (SSSR count). The van der Waals surface area contributed by atoms with Gasteiger partial charge >= 0.3 is 0 Å².